The molecule has 0 aromatic carbocycles. The molecule has 0 unspecified atom stereocenters. The summed E-state index contributed by atoms with van der Waals surface area (Å²) in [4.78, 5) is 19.2. The van der Waals surface area contributed by atoms with Crippen LogP contribution in [0.1, 0.15) is 5.56 Å². The molecular formula is C9H9ClN2O3. The van der Waals surface area contributed by atoms with E-state index >= 15 is 0 Å². The molecule has 0 saturated carbocycles. The van der Waals surface area contributed by atoms with Gasteiger partial charge >= 0.3 is 5.97 Å². The van der Waals surface area contributed by atoms with E-state index in [4.69, 9.17) is 11.6 Å². The minimum atomic E-state index is -0.519. The summed E-state index contributed by atoms with van der Waals surface area (Å²) in [5.74, 6) is -0.519. The minimum Gasteiger partial charge on any atom is -0.466 e. The molecule has 0 aliphatic heterocycles. The first-order valence-electron chi connectivity index (χ1n) is 4.06. The van der Waals surface area contributed by atoms with E-state index in [1.165, 1.54) is 13.3 Å². The number of oxime groups is 1. The van der Waals surface area contributed by atoms with Crippen molar-refractivity contribution in [3.8, 4) is 0 Å². The number of ether oxygens (including phenoxy) is 1. The Bertz CT molecular complexity index is 354. The van der Waals surface area contributed by atoms with E-state index in [-0.39, 0.29) is 11.8 Å². The SMILES string of the molecule is COC(=O)CO/N=C(\Cl)c1cccnc1. The summed E-state index contributed by atoms with van der Waals surface area (Å²) in [6.45, 7) is -0.271. The molecule has 0 amide bonds. The predicted molar refractivity (Wildman–Crippen MR) is 54.6 cm³/mol. The lowest BCUT2D eigenvalue weighted by atomic mass is 10.3. The molecule has 1 rings (SSSR count). The van der Waals surface area contributed by atoms with Crippen LogP contribution in [0.4, 0.5) is 0 Å². The van der Waals surface area contributed by atoms with Gasteiger partial charge in [0.15, 0.2) is 5.17 Å². The summed E-state index contributed by atoms with van der Waals surface area (Å²) in [6.07, 6.45) is 3.15. The van der Waals surface area contributed by atoms with Gasteiger partial charge in [0.1, 0.15) is 0 Å². The maximum absolute atomic E-state index is 10.7. The summed E-state index contributed by atoms with van der Waals surface area (Å²) in [5, 5.41) is 3.66. The van der Waals surface area contributed by atoms with Crippen LogP contribution in [0.3, 0.4) is 0 Å². The van der Waals surface area contributed by atoms with Crippen molar-refractivity contribution in [2.45, 2.75) is 0 Å². The number of carbonyl (C=O) groups is 1. The third-order valence-corrected chi connectivity index (χ3v) is 1.74. The zero-order valence-corrected chi connectivity index (χ0v) is 8.77. The first-order valence-corrected chi connectivity index (χ1v) is 4.44. The second kappa shape index (κ2) is 5.98. The Kier molecular flexibility index (Phi) is 4.56. The molecule has 0 bridgehead atoms. The second-order valence-electron chi connectivity index (χ2n) is 2.47. The molecular weight excluding hydrogens is 220 g/mol. The highest BCUT2D eigenvalue weighted by atomic mass is 35.5. The Morgan fingerprint density at radius 2 is 2.47 bits per heavy atom. The van der Waals surface area contributed by atoms with Crippen LogP contribution < -0.4 is 0 Å². The number of halogens is 1. The van der Waals surface area contributed by atoms with E-state index in [1.54, 1.807) is 18.3 Å². The Hall–Kier alpha value is -1.62. The Morgan fingerprint density at radius 1 is 1.67 bits per heavy atom. The van der Waals surface area contributed by atoms with Gasteiger partial charge in [-0.3, -0.25) is 4.98 Å². The number of hydrogen-bond donors (Lipinski definition) is 0. The van der Waals surface area contributed by atoms with Crippen molar-refractivity contribution in [3.05, 3.63) is 30.1 Å². The molecule has 1 heterocycles. The standard InChI is InChI=1S/C9H9ClN2O3/c1-14-8(13)6-15-12-9(10)7-3-2-4-11-5-7/h2-5H,6H2,1H3/b12-9-. The summed E-state index contributed by atoms with van der Waals surface area (Å²) in [5.41, 5.74) is 0.615. The van der Waals surface area contributed by atoms with E-state index < -0.39 is 5.97 Å². The van der Waals surface area contributed by atoms with E-state index in [1.807, 2.05) is 0 Å². The Balaban J connectivity index is 2.50. The number of esters is 1. The average Bonchev–Trinajstić information content (AvgIpc) is 2.29. The molecule has 1 aromatic rings. The van der Waals surface area contributed by atoms with Gasteiger partial charge in [0.2, 0.25) is 6.61 Å². The lowest BCUT2D eigenvalue weighted by Gasteiger charge is -1.99. The summed E-state index contributed by atoms with van der Waals surface area (Å²) < 4.78 is 4.35. The molecule has 15 heavy (non-hydrogen) atoms. The number of rotatable bonds is 4. The molecule has 0 radical (unpaired) electrons. The highest BCUT2D eigenvalue weighted by molar-refractivity contribution is 6.69. The zero-order chi connectivity index (χ0) is 11.1. The van der Waals surface area contributed by atoms with Crippen LogP contribution >= 0.6 is 11.6 Å². The van der Waals surface area contributed by atoms with Gasteiger partial charge < -0.3 is 9.57 Å². The van der Waals surface area contributed by atoms with Gasteiger partial charge in [-0.15, -0.1) is 0 Å². The second-order valence-corrected chi connectivity index (χ2v) is 2.83. The monoisotopic (exact) mass is 228 g/mol. The van der Waals surface area contributed by atoms with Crippen LogP contribution in [0.2, 0.25) is 0 Å². The van der Waals surface area contributed by atoms with Crippen molar-refractivity contribution in [2.24, 2.45) is 5.16 Å². The van der Waals surface area contributed by atoms with Gasteiger partial charge in [-0.1, -0.05) is 16.8 Å². The van der Waals surface area contributed by atoms with Crippen LogP contribution in [-0.2, 0) is 14.4 Å². The van der Waals surface area contributed by atoms with E-state index in [0.717, 1.165) is 0 Å². The van der Waals surface area contributed by atoms with E-state index in [2.05, 4.69) is 19.7 Å². The minimum absolute atomic E-state index is 0.131. The van der Waals surface area contributed by atoms with Crippen molar-refractivity contribution in [2.75, 3.05) is 13.7 Å². The number of pyridine rings is 1. The molecule has 0 aliphatic carbocycles. The van der Waals surface area contributed by atoms with E-state index in [0.29, 0.717) is 5.56 Å². The molecule has 0 fully saturated rings. The lowest BCUT2D eigenvalue weighted by Crippen LogP contribution is -2.08. The van der Waals surface area contributed by atoms with Gasteiger partial charge in [-0.2, -0.15) is 0 Å². The van der Waals surface area contributed by atoms with Crippen molar-refractivity contribution in [1.29, 1.82) is 0 Å². The Morgan fingerprint density at radius 3 is 3.07 bits per heavy atom. The normalized spacial score (nSPS) is 10.9. The number of hydrogen-bond acceptors (Lipinski definition) is 5. The van der Waals surface area contributed by atoms with Crippen LogP contribution in [0, 0.1) is 0 Å². The summed E-state index contributed by atoms with van der Waals surface area (Å²) in [6, 6.07) is 3.44. The first kappa shape index (κ1) is 11.5. The largest absolute Gasteiger partial charge is 0.466 e. The molecule has 6 heteroatoms. The molecule has 0 atom stereocenters. The highest BCUT2D eigenvalue weighted by Gasteiger charge is 2.02. The number of nitrogens with zero attached hydrogens (tertiary/aromatic N) is 2. The van der Waals surface area contributed by atoms with Crippen molar-refractivity contribution < 1.29 is 14.4 Å². The fourth-order valence-electron chi connectivity index (χ4n) is 0.738. The molecule has 0 saturated heterocycles. The van der Waals surface area contributed by atoms with Crippen molar-refractivity contribution in [1.82, 2.24) is 4.98 Å². The molecule has 5 nitrogen and oxygen atoms in total. The van der Waals surface area contributed by atoms with Gasteiger partial charge in [0.25, 0.3) is 0 Å². The Labute approximate surface area is 91.7 Å². The van der Waals surface area contributed by atoms with E-state index in [9.17, 15) is 4.79 Å². The molecule has 80 valence electrons. The van der Waals surface area contributed by atoms with Crippen LogP contribution in [-0.4, -0.2) is 29.8 Å². The summed E-state index contributed by atoms with van der Waals surface area (Å²) in [7, 11) is 1.26. The maximum Gasteiger partial charge on any atom is 0.346 e. The molecule has 0 aliphatic rings. The van der Waals surface area contributed by atoms with Crippen molar-refractivity contribution >= 4 is 22.7 Å². The van der Waals surface area contributed by atoms with Gasteiger partial charge in [0, 0.05) is 18.0 Å². The predicted octanol–water partition coefficient (Wildman–Crippen LogP) is 1.17. The first-order chi connectivity index (χ1) is 7.24. The third-order valence-electron chi connectivity index (χ3n) is 1.45. The van der Waals surface area contributed by atoms with Crippen molar-refractivity contribution in [3.63, 3.8) is 0 Å². The van der Waals surface area contributed by atoms with Crippen LogP contribution in [0.25, 0.3) is 0 Å². The average molecular weight is 229 g/mol. The van der Waals surface area contributed by atoms with Crippen LogP contribution in [0.5, 0.6) is 0 Å². The fraction of sp³-hybridized carbons (Fsp3) is 0.222. The maximum atomic E-state index is 10.7. The van der Waals surface area contributed by atoms with Gasteiger partial charge in [0.05, 0.1) is 7.11 Å². The third kappa shape index (κ3) is 3.95. The van der Waals surface area contributed by atoms with Crippen LogP contribution in [0.15, 0.2) is 29.7 Å². The molecule has 0 spiro atoms. The smallest absolute Gasteiger partial charge is 0.346 e. The lowest BCUT2D eigenvalue weighted by molar-refractivity contribution is -0.145. The number of methoxy groups -OCH3 is 1. The zero-order valence-electron chi connectivity index (χ0n) is 8.01. The number of aromatic nitrogens is 1. The van der Waals surface area contributed by atoms with Gasteiger partial charge in [-0.25, -0.2) is 4.79 Å². The topological polar surface area (TPSA) is 60.8 Å². The molecule has 0 N–H and O–H groups in total. The van der Waals surface area contributed by atoms with Gasteiger partial charge in [-0.05, 0) is 12.1 Å². The molecule has 1 aromatic heterocycles. The highest BCUT2D eigenvalue weighted by Crippen LogP contribution is 2.03. The quantitative estimate of drug-likeness (QED) is 0.441. The number of carbonyl (C=O) groups excluding carboxylic acids is 1. The summed E-state index contributed by atoms with van der Waals surface area (Å²) >= 11 is 5.77. The fourth-order valence-corrected chi connectivity index (χ4v) is 0.899.